The van der Waals surface area contributed by atoms with Gasteiger partial charge in [0.2, 0.25) is 0 Å². The molecule has 0 bridgehead atoms. The van der Waals surface area contributed by atoms with Crippen LogP contribution in [0.5, 0.6) is 0 Å². The standard InChI is InChI=1S/C24H28N6O3S/c1-24(2,15-31)30-10-7-18(13-30)22(33)25-12-21(32)27-23-26-20(14-34-23)17-6-4-5-16(11-17)19-8-9-29(3)28-19/h4-11,13-14,21,31-32H,12,15H2,1-3H3,(H,25,33)(H,26,27). The van der Waals surface area contributed by atoms with Gasteiger partial charge in [0.25, 0.3) is 5.91 Å². The number of carbonyl (C=O) groups is 1. The van der Waals surface area contributed by atoms with E-state index < -0.39 is 11.8 Å². The third-order valence-electron chi connectivity index (χ3n) is 5.46. The average Bonchev–Trinajstić information content (AvgIpc) is 3.59. The molecule has 0 saturated carbocycles. The van der Waals surface area contributed by atoms with Crippen LogP contribution in [0, 0.1) is 0 Å². The molecule has 4 N–H and O–H groups in total. The molecule has 3 aromatic heterocycles. The van der Waals surface area contributed by atoms with E-state index in [-0.39, 0.29) is 19.1 Å². The van der Waals surface area contributed by atoms with Gasteiger partial charge in [-0.25, -0.2) is 4.98 Å². The van der Waals surface area contributed by atoms with Crippen molar-refractivity contribution in [2.24, 2.45) is 7.05 Å². The number of nitrogens with one attached hydrogen (secondary N) is 2. The predicted octanol–water partition coefficient (Wildman–Crippen LogP) is 2.90. The van der Waals surface area contributed by atoms with Crippen LogP contribution in [0.3, 0.4) is 0 Å². The van der Waals surface area contributed by atoms with E-state index >= 15 is 0 Å². The van der Waals surface area contributed by atoms with E-state index in [1.807, 2.05) is 62.8 Å². The van der Waals surface area contributed by atoms with Crippen molar-refractivity contribution in [2.45, 2.75) is 25.6 Å². The maximum absolute atomic E-state index is 12.4. The second-order valence-electron chi connectivity index (χ2n) is 8.64. The summed E-state index contributed by atoms with van der Waals surface area (Å²) in [6.45, 7) is 3.71. The maximum Gasteiger partial charge on any atom is 0.252 e. The normalized spacial score (nSPS) is 12.5. The Kier molecular flexibility index (Phi) is 6.82. The fourth-order valence-corrected chi connectivity index (χ4v) is 4.12. The van der Waals surface area contributed by atoms with Gasteiger partial charge >= 0.3 is 0 Å². The number of benzene rings is 1. The fourth-order valence-electron chi connectivity index (χ4n) is 3.35. The monoisotopic (exact) mass is 480 g/mol. The second-order valence-corrected chi connectivity index (χ2v) is 9.50. The molecule has 0 aliphatic carbocycles. The number of anilines is 1. The predicted molar refractivity (Wildman–Crippen MR) is 133 cm³/mol. The summed E-state index contributed by atoms with van der Waals surface area (Å²) in [6, 6.07) is 11.6. The fraction of sp³-hybridized carbons (Fsp3) is 0.292. The lowest BCUT2D eigenvalue weighted by atomic mass is 10.1. The van der Waals surface area contributed by atoms with Gasteiger partial charge in [0.1, 0.15) is 6.23 Å². The summed E-state index contributed by atoms with van der Waals surface area (Å²) < 4.78 is 3.55. The summed E-state index contributed by atoms with van der Waals surface area (Å²) in [5.41, 5.74) is 3.58. The molecule has 1 aromatic carbocycles. The van der Waals surface area contributed by atoms with Gasteiger partial charge in [-0.1, -0.05) is 18.2 Å². The highest BCUT2D eigenvalue weighted by Gasteiger charge is 2.20. The molecule has 1 atom stereocenters. The zero-order chi connectivity index (χ0) is 24.3. The molecule has 178 valence electrons. The van der Waals surface area contributed by atoms with Crippen molar-refractivity contribution in [3.63, 3.8) is 0 Å². The molecule has 9 nitrogen and oxygen atoms in total. The molecule has 0 spiro atoms. The number of thiazole rings is 1. The number of amides is 1. The van der Waals surface area contributed by atoms with Gasteiger partial charge in [-0.15, -0.1) is 11.3 Å². The Bertz CT molecular complexity index is 1270. The van der Waals surface area contributed by atoms with Crippen molar-refractivity contribution in [3.8, 4) is 22.5 Å². The first-order valence-corrected chi connectivity index (χ1v) is 11.7. The van der Waals surface area contributed by atoms with Crippen LogP contribution in [0.4, 0.5) is 5.13 Å². The lowest BCUT2D eigenvalue weighted by Crippen LogP contribution is -2.36. The maximum atomic E-state index is 12.4. The number of aliphatic hydroxyl groups excluding tert-OH is 2. The van der Waals surface area contributed by atoms with Crippen LogP contribution in [0.15, 0.2) is 60.4 Å². The van der Waals surface area contributed by atoms with E-state index in [9.17, 15) is 15.0 Å². The van der Waals surface area contributed by atoms with Gasteiger partial charge < -0.3 is 25.4 Å². The lowest BCUT2D eigenvalue weighted by molar-refractivity contribution is 0.0926. The van der Waals surface area contributed by atoms with Crippen LogP contribution < -0.4 is 10.6 Å². The average molecular weight is 481 g/mol. The van der Waals surface area contributed by atoms with Crippen LogP contribution in [-0.4, -0.2) is 54.8 Å². The SMILES string of the molecule is Cn1ccc(-c2cccc(-c3csc(NC(O)CNC(=O)c4ccn(C(C)(C)CO)c4)n3)c2)n1. The molecular weight excluding hydrogens is 452 g/mol. The van der Waals surface area contributed by atoms with Crippen molar-refractivity contribution in [3.05, 3.63) is 65.9 Å². The summed E-state index contributed by atoms with van der Waals surface area (Å²) in [5, 5.41) is 32.4. The summed E-state index contributed by atoms with van der Waals surface area (Å²) >= 11 is 1.38. The first kappa shape index (κ1) is 23.7. The van der Waals surface area contributed by atoms with Gasteiger partial charge in [0.05, 0.1) is 35.6 Å². The number of nitrogens with zero attached hydrogens (tertiary/aromatic N) is 4. The van der Waals surface area contributed by atoms with Gasteiger partial charge in [0, 0.05) is 42.1 Å². The molecule has 4 rings (SSSR count). The zero-order valence-electron chi connectivity index (χ0n) is 19.3. The van der Waals surface area contributed by atoms with Gasteiger partial charge in [-0.3, -0.25) is 9.48 Å². The topological polar surface area (TPSA) is 117 Å². The van der Waals surface area contributed by atoms with Crippen molar-refractivity contribution in [1.82, 2.24) is 24.6 Å². The third-order valence-corrected chi connectivity index (χ3v) is 6.23. The number of carbonyl (C=O) groups excluding carboxylic acids is 1. The summed E-state index contributed by atoms with van der Waals surface area (Å²) in [6.07, 6.45) is 4.33. The molecule has 0 fully saturated rings. The highest BCUT2D eigenvalue weighted by Crippen LogP contribution is 2.28. The van der Waals surface area contributed by atoms with Gasteiger partial charge in [0.15, 0.2) is 5.13 Å². The molecular formula is C24H28N6O3S. The number of hydrogen-bond acceptors (Lipinski definition) is 7. The van der Waals surface area contributed by atoms with Crippen LogP contribution in [0.2, 0.25) is 0 Å². The minimum Gasteiger partial charge on any atom is -0.394 e. The van der Waals surface area contributed by atoms with Crippen LogP contribution in [-0.2, 0) is 12.6 Å². The van der Waals surface area contributed by atoms with Crippen molar-refractivity contribution in [1.29, 1.82) is 0 Å². The van der Waals surface area contributed by atoms with Crippen molar-refractivity contribution >= 4 is 22.4 Å². The van der Waals surface area contributed by atoms with E-state index in [1.165, 1.54) is 11.3 Å². The van der Waals surface area contributed by atoms with Crippen molar-refractivity contribution in [2.75, 3.05) is 18.5 Å². The number of hydrogen-bond donors (Lipinski definition) is 4. The number of aryl methyl sites for hydroxylation is 1. The molecule has 0 saturated heterocycles. The lowest BCUT2D eigenvalue weighted by Gasteiger charge is -2.24. The second kappa shape index (κ2) is 9.80. The summed E-state index contributed by atoms with van der Waals surface area (Å²) in [4.78, 5) is 17.0. The quantitative estimate of drug-likeness (QED) is 0.274. The van der Waals surface area contributed by atoms with Crippen LogP contribution >= 0.6 is 11.3 Å². The first-order chi connectivity index (χ1) is 16.2. The molecule has 10 heteroatoms. The Balaban J connectivity index is 1.34. The van der Waals surface area contributed by atoms with E-state index in [1.54, 1.807) is 27.7 Å². The minimum atomic E-state index is -1.00. The Labute approximate surface area is 201 Å². The van der Waals surface area contributed by atoms with E-state index in [4.69, 9.17) is 0 Å². The highest BCUT2D eigenvalue weighted by atomic mass is 32.1. The zero-order valence-corrected chi connectivity index (χ0v) is 20.1. The van der Waals surface area contributed by atoms with Crippen LogP contribution in [0.25, 0.3) is 22.5 Å². The largest absolute Gasteiger partial charge is 0.394 e. The molecule has 1 unspecified atom stereocenters. The van der Waals surface area contributed by atoms with E-state index in [2.05, 4.69) is 20.7 Å². The van der Waals surface area contributed by atoms with Gasteiger partial charge in [-0.2, -0.15) is 5.10 Å². The van der Waals surface area contributed by atoms with Gasteiger partial charge in [-0.05, 0) is 32.0 Å². The third kappa shape index (κ3) is 5.36. The van der Waals surface area contributed by atoms with Crippen LogP contribution in [0.1, 0.15) is 24.2 Å². The number of rotatable bonds is 9. The summed E-state index contributed by atoms with van der Waals surface area (Å²) in [7, 11) is 1.88. The van der Waals surface area contributed by atoms with E-state index in [0.29, 0.717) is 10.7 Å². The first-order valence-electron chi connectivity index (χ1n) is 10.8. The Morgan fingerprint density at radius 2 is 1.94 bits per heavy atom. The minimum absolute atomic E-state index is 0.0114. The summed E-state index contributed by atoms with van der Waals surface area (Å²) in [5.74, 6) is -0.306. The Hall–Kier alpha value is -3.47. The van der Waals surface area contributed by atoms with E-state index in [0.717, 1.165) is 22.5 Å². The molecule has 3 heterocycles. The molecule has 1 amide bonds. The smallest absolute Gasteiger partial charge is 0.252 e. The number of aliphatic hydroxyl groups is 2. The Morgan fingerprint density at radius 3 is 2.65 bits per heavy atom. The molecule has 34 heavy (non-hydrogen) atoms. The van der Waals surface area contributed by atoms with Crippen molar-refractivity contribution < 1.29 is 15.0 Å². The molecule has 0 aliphatic rings. The number of aromatic nitrogens is 4. The molecule has 0 aliphatic heterocycles. The highest BCUT2D eigenvalue weighted by molar-refractivity contribution is 7.14. The molecule has 0 radical (unpaired) electrons. The molecule has 4 aromatic rings. The Morgan fingerprint density at radius 1 is 1.18 bits per heavy atom.